The first-order valence-electron chi connectivity index (χ1n) is 5.75. The minimum atomic E-state index is -4.81. The van der Waals surface area contributed by atoms with Gasteiger partial charge in [-0.2, -0.15) is 17.6 Å². The molecule has 21 heavy (non-hydrogen) atoms. The maximum atomic E-state index is 13.0. The number of benzene rings is 1. The number of halogens is 5. The van der Waals surface area contributed by atoms with Gasteiger partial charge in [-0.25, -0.2) is 4.39 Å². The number of rotatable bonds is 5. The van der Waals surface area contributed by atoms with Gasteiger partial charge in [0.05, 0.1) is 14.2 Å². The first-order valence-corrected chi connectivity index (χ1v) is 5.75. The Labute approximate surface area is 116 Å². The van der Waals surface area contributed by atoms with E-state index < -0.39 is 30.0 Å². The summed E-state index contributed by atoms with van der Waals surface area (Å²) in [7, 11) is 2.77. The van der Waals surface area contributed by atoms with Crippen molar-refractivity contribution in [1.29, 1.82) is 0 Å². The molecular formula is C13H11F5O3. The van der Waals surface area contributed by atoms with E-state index in [1.54, 1.807) is 0 Å². The minimum Gasteiger partial charge on any atom is -0.493 e. The number of methoxy groups -OCH3 is 2. The van der Waals surface area contributed by atoms with E-state index in [0.717, 1.165) is 0 Å². The highest BCUT2D eigenvalue weighted by Crippen LogP contribution is 2.56. The fourth-order valence-corrected chi connectivity index (χ4v) is 1.78. The third kappa shape index (κ3) is 2.28. The summed E-state index contributed by atoms with van der Waals surface area (Å²) in [5.74, 6) is -12.6. The molecule has 0 N–H and O–H groups in total. The lowest BCUT2D eigenvalue weighted by Gasteiger charge is -2.35. The average Bonchev–Trinajstić information content (AvgIpc) is 2.46. The van der Waals surface area contributed by atoms with Gasteiger partial charge in [-0.05, 0) is 17.7 Å². The second-order valence-electron chi connectivity index (χ2n) is 4.27. The summed E-state index contributed by atoms with van der Waals surface area (Å²) >= 11 is 0. The fourth-order valence-electron chi connectivity index (χ4n) is 1.78. The van der Waals surface area contributed by atoms with E-state index in [1.165, 1.54) is 32.4 Å². The molecule has 0 unspecified atom stereocenters. The van der Waals surface area contributed by atoms with Gasteiger partial charge in [-0.1, -0.05) is 6.07 Å². The molecule has 0 saturated heterocycles. The van der Waals surface area contributed by atoms with Crippen LogP contribution >= 0.6 is 0 Å². The van der Waals surface area contributed by atoms with E-state index in [2.05, 4.69) is 4.74 Å². The third-order valence-electron chi connectivity index (χ3n) is 2.99. The molecule has 2 rings (SSSR count). The number of allylic oxidation sites excluding steroid dienone is 2. The monoisotopic (exact) mass is 310 g/mol. The second-order valence-corrected chi connectivity index (χ2v) is 4.27. The molecule has 1 aromatic rings. The molecule has 1 aliphatic rings. The molecule has 0 amide bonds. The van der Waals surface area contributed by atoms with E-state index in [4.69, 9.17) is 9.47 Å². The third-order valence-corrected chi connectivity index (χ3v) is 2.99. The van der Waals surface area contributed by atoms with Crippen LogP contribution in [0.1, 0.15) is 5.56 Å². The van der Waals surface area contributed by atoms with Crippen LogP contribution in [0, 0.1) is 0 Å². The van der Waals surface area contributed by atoms with Gasteiger partial charge in [-0.15, -0.1) is 0 Å². The number of hydrogen-bond acceptors (Lipinski definition) is 3. The van der Waals surface area contributed by atoms with Crippen LogP contribution in [0.4, 0.5) is 22.0 Å². The lowest BCUT2D eigenvalue weighted by atomic mass is 9.96. The Morgan fingerprint density at radius 3 is 2.10 bits per heavy atom. The lowest BCUT2D eigenvalue weighted by Crippen LogP contribution is -2.53. The van der Waals surface area contributed by atoms with Crippen molar-refractivity contribution in [2.75, 3.05) is 14.2 Å². The predicted molar refractivity (Wildman–Crippen MR) is 62.4 cm³/mol. The van der Waals surface area contributed by atoms with Crippen molar-refractivity contribution in [2.24, 2.45) is 0 Å². The Morgan fingerprint density at radius 1 is 0.952 bits per heavy atom. The molecule has 0 radical (unpaired) electrons. The number of hydrogen-bond donors (Lipinski definition) is 0. The number of ether oxygens (including phenoxy) is 3. The van der Waals surface area contributed by atoms with E-state index in [-0.39, 0.29) is 0 Å². The first kappa shape index (κ1) is 15.4. The van der Waals surface area contributed by atoms with Gasteiger partial charge in [0.25, 0.3) is 0 Å². The number of alkyl halides is 4. The predicted octanol–water partition coefficient (Wildman–Crippen LogP) is 3.69. The molecule has 0 aromatic heterocycles. The zero-order valence-electron chi connectivity index (χ0n) is 11.1. The summed E-state index contributed by atoms with van der Waals surface area (Å²) < 4.78 is 78.5. The summed E-state index contributed by atoms with van der Waals surface area (Å²) in [6.07, 6.45) is 0. The maximum Gasteiger partial charge on any atom is 0.375 e. The van der Waals surface area contributed by atoms with Crippen molar-refractivity contribution >= 4 is 0 Å². The van der Waals surface area contributed by atoms with Crippen LogP contribution in [0.3, 0.4) is 0 Å². The molecule has 0 atom stereocenters. The normalized spacial score (nSPS) is 19.0. The van der Waals surface area contributed by atoms with Crippen molar-refractivity contribution in [1.82, 2.24) is 0 Å². The van der Waals surface area contributed by atoms with Crippen LogP contribution in [0.15, 0.2) is 29.8 Å². The molecule has 0 aliphatic heterocycles. The van der Waals surface area contributed by atoms with Crippen molar-refractivity contribution in [3.63, 3.8) is 0 Å². The van der Waals surface area contributed by atoms with Crippen LogP contribution in [0.2, 0.25) is 0 Å². The second kappa shape index (κ2) is 5.09. The van der Waals surface area contributed by atoms with Crippen molar-refractivity contribution in [3.05, 3.63) is 35.3 Å². The molecule has 1 aliphatic carbocycles. The van der Waals surface area contributed by atoms with Gasteiger partial charge in [0.2, 0.25) is 11.6 Å². The lowest BCUT2D eigenvalue weighted by molar-refractivity contribution is -0.233. The Kier molecular flexibility index (Phi) is 3.73. The molecule has 0 saturated carbocycles. The molecule has 1 aromatic carbocycles. The summed E-state index contributed by atoms with van der Waals surface area (Å²) in [6.45, 7) is -0.505. The molecule has 8 heteroatoms. The first-order chi connectivity index (χ1) is 9.75. The van der Waals surface area contributed by atoms with Crippen molar-refractivity contribution in [3.8, 4) is 11.5 Å². The summed E-state index contributed by atoms with van der Waals surface area (Å²) in [4.78, 5) is 0. The van der Waals surface area contributed by atoms with Gasteiger partial charge < -0.3 is 14.2 Å². The van der Waals surface area contributed by atoms with Gasteiger partial charge in [0, 0.05) is 0 Å². The highest BCUT2D eigenvalue weighted by Gasteiger charge is 2.74. The summed E-state index contributed by atoms with van der Waals surface area (Å²) in [5.41, 5.74) is 0.332. The maximum absolute atomic E-state index is 13.0. The largest absolute Gasteiger partial charge is 0.493 e. The van der Waals surface area contributed by atoms with E-state index in [0.29, 0.717) is 17.1 Å². The van der Waals surface area contributed by atoms with Gasteiger partial charge >= 0.3 is 11.8 Å². The SMILES string of the molecule is COc1ccc(COC2=C(F)C(F)(F)C2(F)F)cc1OC. The highest BCUT2D eigenvalue weighted by molar-refractivity contribution is 5.43. The minimum absolute atomic E-state index is 0.304. The van der Waals surface area contributed by atoms with E-state index in [1.807, 2.05) is 0 Å². The van der Waals surface area contributed by atoms with Gasteiger partial charge in [0.15, 0.2) is 11.5 Å². The Bertz CT molecular complexity index is 583. The quantitative estimate of drug-likeness (QED) is 0.776. The molecule has 0 fully saturated rings. The van der Waals surface area contributed by atoms with E-state index >= 15 is 0 Å². The van der Waals surface area contributed by atoms with Crippen molar-refractivity contribution in [2.45, 2.75) is 18.5 Å². The zero-order chi connectivity index (χ0) is 15.8. The van der Waals surface area contributed by atoms with Crippen LogP contribution < -0.4 is 9.47 Å². The Balaban J connectivity index is 2.13. The van der Waals surface area contributed by atoms with Crippen LogP contribution in [0.5, 0.6) is 11.5 Å². The van der Waals surface area contributed by atoms with Crippen LogP contribution in [-0.4, -0.2) is 26.1 Å². The summed E-state index contributed by atoms with van der Waals surface area (Å²) in [5, 5.41) is 0. The topological polar surface area (TPSA) is 27.7 Å². The smallest absolute Gasteiger partial charge is 0.375 e. The van der Waals surface area contributed by atoms with Gasteiger partial charge in [0.1, 0.15) is 6.61 Å². The molecule has 3 nitrogen and oxygen atoms in total. The van der Waals surface area contributed by atoms with Crippen LogP contribution in [-0.2, 0) is 11.3 Å². The van der Waals surface area contributed by atoms with Crippen molar-refractivity contribution < 1.29 is 36.2 Å². The molecule has 0 heterocycles. The molecule has 0 bridgehead atoms. The molecular weight excluding hydrogens is 299 g/mol. The molecule has 0 spiro atoms. The van der Waals surface area contributed by atoms with E-state index in [9.17, 15) is 22.0 Å². The Hall–Kier alpha value is -1.99. The summed E-state index contributed by atoms with van der Waals surface area (Å²) in [6, 6.07) is 4.34. The Morgan fingerprint density at radius 2 is 1.57 bits per heavy atom. The van der Waals surface area contributed by atoms with Crippen LogP contribution in [0.25, 0.3) is 0 Å². The van der Waals surface area contributed by atoms with Gasteiger partial charge in [-0.3, -0.25) is 0 Å². The highest BCUT2D eigenvalue weighted by atomic mass is 19.3. The standard InChI is InChI=1S/C13H11F5O3/c1-19-8-4-3-7(5-9(8)20-2)6-21-11-10(14)12(15,16)13(11,17)18/h3-5H,6H2,1-2H3. The molecule has 116 valence electrons. The zero-order valence-corrected chi connectivity index (χ0v) is 11.1. The average molecular weight is 310 g/mol. The fraction of sp³-hybridized carbons (Fsp3) is 0.385.